The van der Waals surface area contributed by atoms with Crippen molar-refractivity contribution in [1.82, 2.24) is 0 Å². The van der Waals surface area contributed by atoms with E-state index >= 15 is 0 Å². The predicted molar refractivity (Wildman–Crippen MR) is 63.1 cm³/mol. The van der Waals surface area contributed by atoms with Crippen LogP contribution in [-0.2, 0) is 0 Å². The maximum absolute atomic E-state index is 13.6. The summed E-state index contributed by atoms with van der Waals surface area (Å²) in [6.45, 7) is 1.52. The van der Waals surface area contributed by atoms with E-state index in [0.717, 1.165) is 5.56 Å². The Hall–Kier alpha value is -0.930. The molecule has 2 rings (SSSR count). The summed E-state index contributed by atoms with van der Waals surface area (Å²) in [5, 5.41) is 3.04. The van der Waals surface area contributed by atoms with Gasteiger partial charge in [0.2, 0.25) is 0 Å². The Kier molecular flexibility index (Phi) is 3.26. The molecular weight excluding hydrogens is 250 g/mol. The number of rotatable bonds is 2. The lowest BCUT2D eigenvalue weighted by molar-refractivity contribution is 0.580. The molecule has 0 aliphatic carbocycles. The predicted octanol–water partition coefficient (Wildman–Crippen LogP) is 4.66. The van der Waals surface area contributed by atoms with E-state index in [1.807, 2.05) is 10.8 Å². The van der Waals surface area contributed by atoms with Crippen LogP contribution in [0, 0.1) is 18.6 Å². The summed E-state index contributed by atoms with van der Waals surface area (Å²) in [6, 6.07) is 4.14. The van der Waals surface area contributed by atoms with Crippen LogP contribution in [0.25, 0.3) is 0 Å². The highest BCUT2D eigenvalue weighted by molar-refractivity contribution is 7.08. The van der Waals surface area contributed by atoms with Crippen LogP contribution in [0.2, 0.25) is 0 Å². The zero-order valence-electron chi connectivity index (χ0n) is 8.51. The fourth-order valence-electron chi connectivity index (χ4n) is 1.45. The van der Waals surface area contributed by atoms with Gasteiger partial charge in [-0.15, -0.1) is 11.6 Å². The first kappa shape index (κ1) is 11.6. The lowest BCUT2D eigenvalue weighted by atomic mass is 10.0. The number of benzene rings is 1. The molecule has 0 spiro atoms. The summed E-state index contributed by atoms with van der Waals surface area (Å²) in [4.78, 5) is 0. The van der Waals surface area contributed by atoms with Gasteiger partial charge in [0, 0.05) is 5.56 Å². The fourth-order valence-corrected chi connectivity index (χ4v) is 2.52. The van der Waals surface area contributed by atoms with Gasteiger partial charge in [-0.1, -0.05) is 0 Å². The number of alkyl halides is 1. The normalized spacial score (nSPS) is 12.8. The van der Waals surface area contributed by atoms with E-state index in [4.69, 9.17) is 11.6 Å². The maximum Gasteiger partial charge on any atom is 0.128 e. The van der Waals surface area contributed by atoms with E-state index in [0.29, 0.717) is 0 Å². The first-order valence-electron chi connectivity index (χ1n) is 4.71. The van der Waals surface area contributed by atoms with Crippen molar-refractivity contribution < 1.29 is 8.78 Å². The molecule has 0 saturated carbocycles. The quantitative estimate of drug-likeness (QED) is 0.687. The fraction of sp³-hybridized carbons (Fsp3) is 0.167. The minimum absolute atomic E-state index is 0.183. The molecular formula is C12H9ClF2S. The highest BCUT2D eigenvalue weighted by Gasteiger charge is 2.17. The number of hydrogen-bond donors (Lipinski definition) is 0. The van der Waals surface area contributed by atoms with Gasteiger partial charge in [0.15, 0.2) is 0 Å². The Morgan fingerprint density at radius 2 is 2.00 bits per heavy atom. The van der Waals surface area contributed by atoms with Crippen molar-refractivity contribution in [3.05, 3.63) is 57.3 Å². The van der Waals surface area contributed by atoms with E-state index in [-0.39, 0.29) is 11.1 Å². The van der Waals surface area contributed by atoms with Gasteiger partial charge < -0.3 is 0 Å². The van der Waals surface area contributed by atoms with Crippen molar-refractivity contribution >= 4 is 22.9 Å². The second kappa shape index (κ2) is 4.52. The number of halogens is 3. The summed E-state index contributed by atoms with van der Waals surface area (Å²) >= 11 is 7.58. The van der Waals surface area contributed by atoms with E-state index in [9.17, 15) is 8.78 Å². The number of aryl methyl sites for hydroxylation is 1. The molecule has 4 heteroatoms. The van der Waals surface area contributed by atoms with Gasteiger partial charge in [0.1, 0.15) is 11.6 Å². The molecule has 1 atom stereocenters. The Labute approximate surface area is 101 Å². The van der Waals surface area contributed by atoms with Crippen LogP contribution in [0.4, 0.5) is 8.78 Å². The Morgan fingerprint density at radius 1 is 1.25 bits per heavy atom. The second-order valence-electron chi connectivity index (χ2n) is 3.54. The van der Waals surface area contributed by atoms with Crippen LogP contribution in [0.3, 0.4) is 0 Å². The molecule has 0 aliphatic rings. The molecule has 0 bridgehead atoms. The molecule has 16 heavy (non-hydrogen) atoms. The highest BCUT2D eigenvalue weighted by Crippen LogP contribution is 2.32. The minimum atomic E-state index is -0.638. The van der Waals surface area contributed by atoms with Gasteiger partial charge in [0.25, 0.3) is 0 Å². The van der Waals surface area contributed by atoms with Crippen molar-refractivity contribution in [3.63, 3.8) is 0 Å². The van der Waals surface area contributed by atoms with Crippen molar-refractivity contribution in [2.45, 2.75) is 12.3 Å². The lowest BCUT2D eigenvalue weighted by Gasteiger charge is -2.10. The van der Waals surface area contributed by atoms with E-state index in [1.165, 1.54) is 30.4 Å². The third-order valence-electron chi connectivity index (χ3n) is 2.39. The Bertz CT molecular complexity index is 494. The standard InChI is InChI=1S/C12H9ClF2S/c1-7-4-11(15)9(5-10(7)14)12(13)8-2-3-16-6-8/h2-6,12H,1H3. The zero-order chi connectivity index (χ0) is 11.7. The summed E-state index contributed by atoms with van der Waals surface area (Å²) < 4.78 is 27.0. The molecule has 0 N–H and O–H groups in total. The van der Waals surface area contributed by atoms with Gasteiger partial charge in [-0.3, -0.25) is 0 Å². The average molecular weight is 259 g/mol. The van der Waals surface area contributed by atoms with Gasteiger partial charge >= 0.3 is 0 Å². The molecule has 0 radical (unpaired) electrons. The van der Waals surface area contributed by atoms with Crippen LogP contribution < -0.4 is 0 Å². The molecule has 1 unspecified atom stereocenters. The van der Waals surface area contributed by atoms with Crippen LogP contribution in [0.5, 0.6) is 0 Å². The Balaban J connectivity index is 2.44. The molecule has 84 valence electrons. The molecule has 0 aliphatic heterocycles. The first-order chi connectivity index (χ1) is 7.59. The Morgan fingerprint density at radius 3 is 2.62 bits per heavy atom. The van der Waals surface area contributed by atoms with Crippen LogP contribution in [-0.4, -0.2) is 0 Å². The summed E-state index contributed by atoms with van der Waals surface area (Å²) in [5.41, 5.74) is 1.26. The van der Waals surface area contributed by atoms with Crippen molar-refractivity contribution in [3.8, 4) is 0 Å². The minimum Gasteiger partial charge on any atom is -0.207 e. The summed E-state index contributed by atoms with van der Waals surface area (Å²) in [7, 11) is 0. The summed E-state index contributed by atoms with van der Waals surface area (Å²) in [5.74, 6) is -0.901. The van der Waals surface area contributed by atoms with E-state index in [2.05, 4.69) is 0 Å². The SMILES string of the molecule is Cc1cc(F)c(C(Cl)c2ccsc2)cc1F. The topological polar surface area (TPSA) is 0 Å². The van der Waals surface area contributed by atoms with E-state index in [1.54, 1.807) is 6.07 Å². The van der Waals surface area contributed by atoms with Gasteiger partial charge in [-0.05, 0) is 47.0 Å². The molecule has 2 aromatic rings. The van der Waals surface area contributed by atoms with E-state index < -0.39 is 17.0 Å². The van der Waals surface area contributed by atoms with Crippen molar-refractivity contribution in [2.24, 2.45) is 0 Å². The van der Waals surface area contributed by atoms with Crippen molar-refractivity contribution in [1.29, 1.82) is 0 Å². The molecule has 0 nitrogen and oxygen atoms in total. The van der Waals surface area contributed by atoms with Gasteiger partial charge in [-0.2, -0.15) is 11.3 Å². The van der Waals surface area contributed by atoms with Crippen LogP contribution >= 0.6 is 22.9 Å². The number of hydrogen-bond acceptors (Lipinski definition) is 1. The van der Waals surface area contributed by atoms with Crippen LogP contribution in [0.15, 0.2) is 29.0 Å². The third-order valence-corrected chi connectivity index (χ3v) is 3.58. The average Bonchev–Trinajstić information content (AvgIpc) is 2.75. The lowest BCUT2D eigenvalue weighted by Crippen LogP contribution is -1.98. The monoisotopic (exact) mass is 258 g/mol. The van der Waals surface area contributed by atoms with Crippen LogP contribution in [0.1, 0.15) is 22.1 Å². The smallest absolute Gasteiger partial charge is 0.128 e. The zero-order valence-corrected chi connectivity index (χ0v) is 10.1. The second-order valence-corrected chi connectivity index (χ2v) is 4.76. The summed E-state index contributed by atoms with van der Waals surface area (Å²) in [6.07, 6.45) is 0. The molecule has 0 fully saturated rings. The number of thiophene rings is 1. The molecule has 1 aromatic carbocycles. The van der Waals surface area contributed by atoms with Gasteiger partial charge in [-0.25, -0.2) is 8.78 Å². The largest absolute Gasteiger partial charge is 0.207 e. The third kappa shape index (κ3) is 2.11. The highest BCUT2D eigenvalue weighted by atomic mass is 35.5. The molecule has 0 amide bonds. The van der Waals surface area contributed by atoms with Gasteiger partial charge in [0.05, 0.1) is 5.38 Å². The molecule has 0 saturated heterocycles. The molecule has 1 heterocycles. The maximum atomic E-state index is 13.6. The first-order valence-corrected chi connectivity index (χ1v) is 6.09. The molecule has 1 aromatic heterocycles. The van der Waals surface area contributed by atoms with Crippen molar-refractivity contribution in [2.75, 3.05) is 0 Å².